The van der Waals surface area contributed by atoms with Crippen LogP contribution in [0.2, 0.25) is 5.02 Å². The van der Waals surface area contributed by atoms with Crippen LogP contribution in [0.25, 0.3) is 0 Å². The minimum absolute atomic E-state index is 0.339. The lowest BCUT2D eigenvalue weighted by atomic mass is 10.1. The normalized spacial score (nSPS) is 13.1. The Morgan fingerprint density at radius 2 is 1.80 bits per heavy atom. The number of nitrogens with one attached hydrogen (secondary N) is 2. The molecule has 0 fully saturated rings. The minimum Gasteiger partial charge on any atom is -0.397 e. The maximum atomic E-state index is 11.6. The quantitative estimate of drug-likeness (QED) is 0.585. The molecule has 0 atom stereocenters. The molecule has 2 aromatic carbocycles. The van der Waals surface area contributed by atoms with Crippen molar-refractivity contribution < 1.29 is 9.59 Å². The van der Waals surface area contributed by atoms with Crippen LogP contribution in [0.5, 0.6) is 0 Å². The maximum Gasteiger partial charge on any atom is 0.259 e. The maximum absolute atomic E-state index is 11.6. The van der Waals surface area contributed by atoms with Gasteiger partial charge in [0, 0.05) is 5.69 Å². The van der Waals surface area contributed by atoms with Crippen molar-refractivity contribution in [2.75, 3.05) is 11.1 Å². The van der Waals surface area contributed by atoms with E-state index in [0.717, 1.165) is 0 Å². The minimum atomic E-state index is -0.402. The average Bonchev–Trinajstić information content (AvgIpc) is 2.69. The Hall–Kier alpha value is -2.53. The van der Waals surface area contributed by atoms with Gasteiger partial charge in [-0.15, -0.1) is 0 Å². The number of nitrogen functional groups attached to an aromatic ring is 1. The molecule has 0 spiro atoms. The molecule has 4 N–H and O–H groups in total. The number of carbonyl (C=O) groups excluding carboxylic acids is 2. The zero-order valence-electron chi connectivity index (χ0n) is 10.2. The monoisotopic (exact) mass is 287 g/mol. The van der Waals surface area contributed by atoms with E-state index in [1.54, 1.807) is 36.4 Å². The number of fused-ring (bicyclic) bond motifs is 1. The van der Waals surface area contributed by atoms with Crippen molar-refractivity contribution in [3.8, 4) is 0 Å². The molecule has 6 heteroatoms. The van der Waals surface area contributed by atoms with Crippen LogP contribution >= 0.6 is 11.6 Å². The predicted molar refractivity (Wildman–Crippen MR) is 77.4 cm³/mol. The summed E-state index contributed by atoms with van der Waals surface area (Å²) in [4.78, 5) is 23.1. The van der Waals surface area contributed by atoms with Gasteiger partial charge in [-0.3, -0.25) is 14.9 Å². The van der Waals surface area contributed by atoms with Gasteiger partial charge in [-0.05, 0) is 30.3 Å². The highest BCUT2D eigenvalue weighted by Gasteiger charge is 2.26. The smallest absolute Gasteiger partial charge is 0.259 e. The molecule has 2 aromatic rings. The first kappa shape index (κ1) is 12.5. The van der Waals surface area contributed by atoms with E-state index in [9.17, 15) is 9.59 Å². The standard InChI is InChI=1S/C14H10ClN3O2/c15-10-2-1-3-11(16)12(10)17-7-4-5-8-9(6-7)14(20)18-13(8)19/h1-6,17H,16H2,(H,18,19,20). The van der Waals surface area contributed by atoms with E-state index in [2.05, 4.69) is 10.6 Å². The van der Waals surface area contributed by atoms with Crippen LogP contribution in [0, 0.1) is 0 Å². The van der Waals surface area contributed by atoms with Crippen molar-refractivity contribution in [2.24, 2.45) is 0 Å². The van der Waals surface area contributed by atoms with Crippen LogP contribution in [0.15, 0.2) is 36.4 Å². The number of carbonyl (C=O) groups is 2. The number of para-hydroxylation sites is 1. The fraction of sp³-hybridized carbons (Fsp3) is 0. The first-order chi connectivity index (χ1) is 9.56. The van der Waals surface area contributed by atoms with Gasteiger partial charge in [0.2, 0.25) is 0 Å². The van der Waals surface area contributed by atoms with E-state index in [-0.39, 0.29) is 5.91 Å². The Kier molecular flexibility index (Phi) is 2.84. The van der Waals surface area contributed by atoms with Crippen molar-refractivity contribution in [3.63, 3.8) is 0 Å². The van der Waals surface area contributed by atoms with Crippen molar-refractivity contribution in [1.82, 2.24) is 5.32 Å². The summed E-state index contributed by atoms with van der Waals surface area (Å²) in [7, 11) is 0. The molecule has 0 aliphatic carbocycles. The lowest BCUT2D eigenvalue weighted by Gasteiger charge is -2.11. The third kappa shape index (κ3) is 1.98. The van der Waals surface area contributed by atoms with Crippen LogP contribution in [0.3, 0.4) is 0 Å². The second-order valence-corrected chi connectivity index (χ2v) is 4.78. The van der Waals surface area contributed by atoms with E-state index in [1.807, 2.05) is 0 Å². The zero-order chi connectivity index (χ0) is 14.3. The number of imide groups is 1. The summed E-state index contributed by atoms with van der Waals surface area (Å²) in [6.45, 7) is 0. The number of rotatable bonds is 2. The first-order valence-corrected chi connectivity index (χ1v) is 6.25. The third-order valence-corrected chi connectivity index (χ3v) is 3.37. The summed E-state index contributed by atoms with van der Waals surface area (Å²) >= 11 is 6.07. The molecule has 3 rings (SSSR count). The highest BCUT2D eigenvalue weighted by molar-refractivity contribution is 6.34. The van der Waals surface area contributed by atoms with Gasteiger partial charge < -0.3 is 11.1 Å². The number of nitrogens with two attached hydrogens (primary N) is 1. The Morgan fingerprint density at radius 1 is 1.05 bits per heavy atom. The summed E-state index contributed by atoms with van der Waals surface area (Å²) in [6, 6.07) is 10.1. The number of benzene rings is 2. The molecule has 0 aromatic heterocycles. The van der Waals surface area contributed by atoms with Crippen molar-refractivity contribution in [2.45, 2.75) is 0 Å². The Balaban J connectivity index is 1.99. The number of anilines is 3. The van der Waals surface area contributed by atoms with Gasteiger partial charge in [-0.2, -0.15) is 0 Å². The van der Waals surface area contributed by atoms with E-state index >= 15 is 0 Å². The molecule has 1 aliphatic heterocycles. The summed E-state index contributed by atoms with van der Waals surface area (Å²) in [5.41, 5.74) is 8.26. The van der Waals surface area contributed by atoms with E-state index in [1.165, 1.54) is 0 Å². The van der Waals surface area contributed by atoms with E-state index in [0.29, 0.717) is 33.2 Å². The molecule has 0 saturated carbocycles. The molecular formula is C14H10ClN3O2. The molecule has 2 amide bonds. The number of halogens is 1. The summed E-state index contributed by atoms with van der Waals surface area (Å²) in [5, 5.41) is 5.77. The van der Waals surface area contributed by atoms with Crippen LogP contribution < -0.4 is 16.4 Å². The molecule has 5 nitrogen and oxygen atoms in total. The van der Waals surface area contributed by atoms with Gasteiger partial charge in [0.15, 0.2) is 0 Å². The van der Waals surface area contributed by atoms with Crippen LogP contribution in [-0.4, -0.2) is 11.8 Å². The summed E-state index contributed by atoms with van der Waals surface area (Å²) < 4.78 is 0. The fourth-order valence-electron chi connectivity index (χ4n) is 2.06. The van der Waals surface area contributed by atoms with Crippen LogP contribution in [0.1, 0.15) is 20.7 Å². The number of hydrogen-bond donors (Lipinski definition) is 3. The lowest BCUT2D eigenvalue weighted by Crippen LogP contribution is -2.19. The van der Waals surface area contributed by atoms with Crippen molar-refractivity contribution >= 4 is 40.5 Å². The van der Waals surface area contributed by atoms with E-state index in [4.69, 9.17) is 17.3 Å². The number of amides is 2. The van der Waals surface area contributed by atoms with Gasteiger partial charge in [0.05, 0.1) is 27.5 Å². The summed E-state index contributed by atoms with van der Waals surface area (Å²) in [5.74, 6) is -0.783. The third-order valence-electron chi connectivity index (χ3n) is 3.05. The molecule has 0 radical (unpaired) electrons. The fourth-order valence-corrected chi connectivity index (χ4v) is 2.29. The average molecular weight is 288 g/mol. The van der Waals surface area contributed by atoms with Crippen molar-refractivity contribution in [3.05, 3.63) is 52.5 Å². The molecule has 1 aliphatic rings. The molecule has 100 valence electrons. The Morgan fingerprint density at radius 3 is 2.55 bits per heavy atom. The van der Waals surface area contributed by atoms with Gasteiger partial charge in [0.1, 0.15) is 0 Å². The zero-order valence-corrected chi connectivity index (χ0v) is 11.0. The summed E-state index contributed by atoms with van der Waals surface area (Å²) in [6.07, 6.45) is 0. The van der Waals surface area contributed by atoms with Gasteiger partial charge in [-0.25, -0.2) is 0 Å². The largest absolute Gasteiger partial charge is 0.397 e. The topological polar surface area (TPSA) is 84.2 Å². The molecular weight excluding hydrogens is 278 g/mol. The highest BCUT2D eigenvalue weighted by atomic mass is 35.5. The van der Waals surface area contributed by atoms with Gasteiger partial charge in [-0.1, -0.05) is 17.7 Å². The SMILES string of the molecule is Nc1cccc(Cl)c1Nc1ccc2c(c1)C(=O)NC2=O. The van der Waals surface area contributed by atoms with Gasteiger partial charge >= 0.3 is 0 Å². The molecule has 0 bridgehead atoms. The number of hydrogen-bond acceptors (Lipinski definition) is 4. The van der Waals surface area contributed by atoms with Crippen LogP contribution in [0.4, 0.5) is 17.1 Å². The molecule has 20 heavy (non-hydrogen) atoms. The van der Waals surface area contributed by atoms with Crippen LogP contribution in [-0.2, 0) is 0 Å². The Bertz CT molecular complexity index is 723. The Labute approximate surface area is 119 Å². The van der Waals surface area contributed by atoms with Crippen molar-refractivity contribution in [1.29, 1.82) is 0 Å². The molecule has 1 heterocycles. The molecule has 0 saturated heterocycles. The predicted octanol–water partition coefficient (Wildman–Crippen LogP) is 2.55. The first-order valence-electron chi connectivity index (χ1n) is 5.87. The highest BCUT2D eigenvalue weighted by Crippen LogP contribution is 2.32. The van der Waals surface area contributed by atoms with E-state index < -0.39 is 5.91 Å². The molecule has 0 unspecified atom stereocenters. The second-order valence-electron chi connectivity index (χ2n) is 4.37. The van der Waals surface area contributed by atoms with Gasteiger partial charge in [0.25, 0.3) is 11.8 Å². The lowest BCUT2D eigenvalue weighted by molar-refractivity contribution is 0.0879. The second kappa shape index (κ2) is 4.54.